The minimum Gasteiger partial charge on any atom is -0.452 e. The molecule has 3 aromatic rings. The van der Waals surface area contributed by atoms with Crippen LogP contribution in [-0.4, -0.2) is 28.6 Å². The van der Waals surface area contributed by atoms with Crippen LogP contribution in [0.4, 0.5) is 5.69 Å². The van der Waals surface area contributed by atoms with Crippen LogP contribution in [0.5, 0.6) is 0 Å². The quantitative estimate of drug-likeness (QED) is 0.490. The van der Waals surface area contributed by atoms with Gasteiger partial charge in [0.15, 0.2) is 6.61 Å². The summed E-state index contributed by atoms with van der Waals surface area (Å²) in [5, 5.41) is 8.26. The molecule has 1 aliphatic heterocycles. The Kier molecular flexibility index (Phi) is 5.47. The molecule has 0 unspecified atom stereocenters. The molecule has 3 heterocycles. The molecule has 2 aromatic heterocycles. The maximum absolute atomic E-state index is 12.4. The van der Waals surface area contributed by atoms with Crippen molar-refractivity contribution in [2.45, 2.75) is 19.4 Å². The van der Waals surface area contributed by atoms with Gasteiger partial charge in [0.2, 0.25) is 5.91 Å². The lowest BCUT2D eigenvalue weighted by Gasteiger charge is -2.18. The Labute approximate surface area is 177 Å². The molecular weight excluding hydrogens is 470 g/mol. The highest BCUT2D eigenvalue weighted by molar-refractivity contribution is 9.11. The molecule has 0 bridgehead atoms. The summed E-state index contributed by atoms with van der Waals surface area (Å²) in [6, 6.07) is 8.44. The number of amides is 1. The number of hydrogen-bond acceptors (Lipinski definition) is 7. The molecule has 4 rings (SSSR count). The van der Waals surface area contributed by atoms with Gasteiger partial charge in [-0.05, 0) is 52.7 Å². The van der Waals surface area contributed by atoms with E-state index in [9.17, 15) is 9.59 Å². The molecule has 1 aromatic carbocycles. The van der Waals surface area contributed by atoms with E-state index >= 15 is 0 Å². The maximum atomic E-state index is 12.4. The molecule has 0 radical (unpaired) electrons. The molecule has 0 spiro atoms. The Balaban J connectivity index is 1.44. The van der Waals surface area contributed by atoms with Gasteiger partial charge in [-0.3, -0.25) is 4.79 Å². The summed E-state index contributed by atoms with van der Waals surface area (Å²) in [5.74, 6) is -0.0194. The fraction of sp³-hybridized carbons (Fsp3) is 0.222. The first-order chi connectivity index (χ1) is 13.5. The third kappa shape index (κ3) is 3.96. The summed E-state index contributed by atoms with van der Waals surface area (Å²) in [5.41, 5.74) is 0.808. The first-order valence-corrected chi connectivity index (χ1v) is 10.3. The van der Waals surface area contributed by atoms with E-state index in [4.69, 9.17) is 20.8 Å². The van der Waals surface area contributed by atoms with Crippen molar-refractivity contribution in [3.8, 4) is 10.8 Å². The topological polar surface area (TPSA) is 85.5 Å². The smallest absolute Gasteiger partial charge is 0.338 e. The average Bonchev–Trinajstić information content (AvgIpc) is 3.41. The van der Waals surface area contributed by atoms with E-state index in [1.54, 1.807) is 23.1 Å². The number of hydrogen-bond donors (Lipinski definition) is 0. The van der Waals surface area contributed by atoms with Gasteiger partial charge in [0.25, 0.3) is 11.8 Å². The van der Waals surface area contributed by atoms with Gasteiger partial charge in [0.1, 0.15) is 0 Å². The van der Waals surface area contributed by atoms with Crippen molar-refractivity contribution < 1.29 is 18.7 Å². The summed E-state index contributed by atoms with van der Waals surface area (Å²) in [4.78, 5) is 26.8. The van der Waals surface area contributed by atoms with Crippen LogP contribution >= 0.6 is 38.9 Å². The monoisotopic (exact) mass is 481 g/mol. The number of benzene rings is 1. The molecule has 1 fully saturated rings. The number of nitrogens with zero attached hydrogens (tertiary/aromatic N) is 3. The molecule has 1 aliphatic rings. The Morgan fingerprint density at radius 1 is 1.32 bits per heavy atom. The van der Waals surface area contributed by atoms with E-state index in [1.165, 1.54) is 11.3 Å². The van der Waals surface area contributed by atoms with Gasteiger partial charge in [-0.25, -0.2) is 4.79 Å². The largest absolute Gasteiger partial charge is 0.452 e. The van der Waals surface area contributed by atoms with Crippen LogP contribution in [0.2, 0.25) is 5.02 Å². The molecule has 1 saturated heterocycles. The zero-order valence-electron chi connectivity index (χ0n) is 14.4. The zero-order chi connectivity index (χ0) is 19.7. The number of carbonyl (C=O) groups is 2. The fourth-order valence-corrected chi connectivity index (χ4v) is 4.33. The summed E-state index contributed by atoms with van der Waals surface area (Å²) < 4.78 is 11.7. The van der Waals surface area contributed by atoms with Crippen molar-refractivity contribution in [3.63, 3.8) is 0 Å². The maximum Gasteiger partial charge on any atom is 0.338 e. The summed E-state index contributed by atoms with van der Waals surface area (Å²) in [7, 11) is 0. The second-order valence-corrected chi connectivity index (χ2v) is 8.87. The molecule has 10 heteroatoms. The molecule has 7 nitrogen and oxygen atoms in total. The Morgan fingerprint density at radius 3 is 2.89 bits per heavy atom. The van der Waals surface area contributed by atoms with Crippen LogP contribution in [0.1, 0.15) is 29.1 Å². The summed E-state index contributed by atoms with van der Waals surface area (Å²) >= 11 is 11.0. The van der Waals surface area contributed by atoms with Crippen molar-refractivity contribution >= 4 is 56.4 Å². The fourth-order valence-electron chi connectivity index (χ4n) is 2.80. The Bertz CT molecular complexity index is 1050. The normalized spacial score (nSPS) is 13.9. The minimum absolute atomic E-state index is 0.00831. The van der Waals surface area contributed by atoms with Gasteiger partial charge < -0.3 is 14.1 Å². The summed E-state index contributed by atoms with van der Waals surface area (Å²) in [6.45, 7) is 0.430. The van der Waals surface area contributed by atoms with Gasteiger partial charge in [-0.1, -0.05) is 11.6 Å². The second kappa shape index (κ2) is 8.02. The van der Waals surface area contributed by atoms with Crippen molar-refractivity contribution in [1.29, 1.82) is 0 Å². The molecule has 0 N–H and O–H groups in total. The molecule has 0 aliphatic carbocycles. The third-order valence-electron chi connectivity index (χ3n) is 4.12. The number of carbonyl (C=O) groups excluding carboxylic acids is 2. The molecule has 0 saturated carbocycles. The van der Waals surface area contributed by atoms with Crippen LogP contribution in [0.3, 0.4) is 0 Å². The van der Waals surface area contributed by atoms with Crippen LogP contribution in [0, 0.1) is 0 Å². The lowest BCUT2D eigenvalue weighted by Crippen LogP contribution is -2.24. The Morgan fingerprint density at radius 2 is 2.18 bits per heavy atom. The zero-order valence-corrected chi connectivity index (χ0v) is 17.5. The van der Waals surface area contributed by atoms with E-state index in [-0.39, 0.29) is 18.4 Å². The second-order valence-electron chi connectivity index (χ2n) is 6.00. The third-order valence-corrected chi connectivity index (χ3v) is 6.05. The Hall–Kier alpha value is -2.23. The standard InChI is InChI=1S/C18H13BrClN3O4S/c19-14-6-5-13(28-14)17-22-21-15(27-17)9-26-18(25)10-3-4-11(20)12(8-10)23-7-1-2-16(23)24/h3-6,8H,1-2,7,9H2. The van der Waals surface area contributed by atoms with Crippen LogP contribution in [0.25, 0.3) is 10.8 Å². The minimum atomic E-state index is -0.566. The number of thiophene rings is 1. The number of anilines is 1. The van der Waals surface area contributed by atoms with E-state index in [1.807, 2.05) is 12.1 Å². The number of halogens is 2. The number of esters is 1. The van der Waals surface area contributed by atoms with E-state index in [0.29, 0.717) is 35.1 Å². The number of rotatable bonds is 5. The van der Waals surface area contributed by atoms with Gasteiger partial charge in [0, 0.05) is 13.0 Å². The van der Waals surface area contributed by atoms with Gasteiger partial charge in [-0.15, -0.1) is 21.5 Å². The first kappa shape index (κ1) is 19.1. The van der Waals surface area contributed by atoms with E-state index in [0.717, 1.165) is 15.1 Å². The molecular formula is C18H13BrClN3O4S. The van der Waals surface area contributed by atoms with Gasteiger partial charge >= 0.3 is 5.97 Å². The van der Waals surface area contributed by atoms with E-state index in [2.05, 4.69) is 26.1 Å². The predicted molar refractivity (Wildman–Crippen MR) is 107 cm³/mol. The average molecular weight is 483 g/mol. The highest BCUT2D eigenvalue weighted by Gasteiger charge is 2.25. The van der Waals surface area contributed by atoms with Crippen molar-refractivity contribution in [3.05, 3.63) is 50.6 Å². The molecule has 1 amide bonds. The van der Waals surface area contributed by atoms with Gasteiger partial charge in [-0.2, -0.15) is 0 Å². The SMILES string of the molecule is O=C(OCc1nnc(-c2ccc(Br)s2)o1)c1ccc(Cl)c(N2CCCC2=O)c1. The van der Waals surface area contributed by atoms with E-state index < -0.39 is 5.97 Å². The lowest BCUT2D eigenvalue weighted by molar-refractivity contribution is -0.117. The first-order valence-electron chi connectivity index (χ1n) is 8.36. The van der Waals surface area contributed by atoms with Crippen LogP contribution in [-0.2, 0) is 16.1 Å². The van der Waals surface area contributed by atoms with Crippen LogP contribution in [0.15, 0.2) is 38.5 Å². The van der Waals surface area contributed by atoms with Crippen molar-refractivity contribution in [1.82, 2.24) is 10.2 Å². The summed E-state index contributed by atoms with van der Waals surface area (Å²) in [6.07, 6.45) is 1.25. The molecule has 144 valence electrons. The highest BCUT2D eigenvalue weighted by atomic mass is 79.9. The number of aromatic nitrogens is 2. The predicted octanol–water partition coefficient (Wildman–Crippen LogP) is 4.70. The lowest BCUT2D eigenvalue weighted by atomic mass is 10.2. The highest BCUT2D eigenvalue weighted by Crippen LogP contribution is 2.31. The van der Waals surface area contributed by atoms with Crippen molar-refractivity contribution in [2.75, 3.05) is 11.4 Å². The molecule has 28 heavy (non-hydrogen) atoms. The van der Waals surface area contributed by atoms with Crippen LogP contribution < -0.4 is 4.90 Å². The van der Waals surface area contributed by atoms with Crippen molar-refractivity contribution in [2.24, 2.45) is 0 Å². The number of ether oxygens (including phenoxy) is 1. The van der Waals surface area contributed by atoms with Gasteiger partial charge in [0.05, 0.1) is 24.9 Å². The molecule has 0 atom stereocenters.